The van der Waals surface area contributed by atoms with Crippen LogP contribution < -0.4 is 5.32 Å². The Morgan fingerprint density at radius 3 is 2.82 bits per heavy atom. The molecule has 0 spiro atoms. The molecule has 0 saturated carbocycles. The summed E-state index contributed by atoms with van der Waals surface area (Å²) in [6.45, 7) is 6.99. The van der Waals surface area contributed by atoms with Gasteiger partial charge in [0.1, 0.15) is 5.82 Å². The van der Waals surface area contributed by atoms with Crippen LogP contribution in [0.4, 0.5) is 0 Å². The molecule has 1 aromatic heterocycles. The molecule has 0 aliphatic rings. The van der Waals surface area contributed by atoms with Crippen molar-refractivity contribution in [3.05, 3.63) is 41.2 Å². The van der Waals surface area contributed by atoms with Gasteiger partial charge in [0.2, 0.25) is 5.91 Å². The highest BCUT2D eigenvalue weighted by atomic mass is 79.9. The summed E-state index contributed by atoms with van der Waals surface area (Å²) in [4.78, 5) is 15.6. The van der Waals surface area contributed by atoms with Crippen molar-refractivity contribution in [1.29, 1.82) is 0 Å². The van der Waals surface area contributed by atoms with E-state index >= 15 is 0 Å². The van der Waals surface area contributed by atoms with Crippen molar-refractivity contribution >= 4 is 32.9 Å². The number of rotatable bonds is 8. The number of hydrogen-bond acceptors (Lipinski definition) is 2. The fraction of sp³-hybridized carbons (Fsp3) is 0.412. The van der Waals surface area contributed by atoms with Crippen molar-refractivity contribution in [2.45, 2.75) is 39.2 Å². The maximum atomic E-state index is 10.8. The van der Waals surface area contributed by atoms with Gasteiger partial charge in [-0.2, -0.15) is 0 Å². The van der Waals surface area contributed by atoms with Gasteiger partial charge in [0.15, 0.2) is 0 Å². The van der Waals surface area contributed by atoms with Crippen molar-refractivity contribution in [2.24, 2.45) is 0 Å². The first-order valence-electron chi connectivity index (χ1n) is 7.60. The quantitative estimate of drug-likeness (QED) is 0.725. The van der Waals surface area contributed by atoms with Crippen LogP contribution in [-0.4, -0.2) is 22.0 Å². The zero-order chi connectivity index (χ0) is 15.9. The summed E-state index contributed by atoms with van der Waals surface area (Å²) in [6.07, 6.45) is 4.09. The molecule has 1 aromatic carbocycles. The smallest absolute Gasteiger partial charge is 0.216 e. The molecule has 0 atom stereocenters. The van der Waals surface area contributed by atoms with Gasteiger partial charge in [0, 0.05) is 24.4 Å². The molecule has 0 aliphatic carbocycles. The highest BCUT2D eigenvalue weighted by Crippen LogP contribution is 2.20. The van der Waals surface area contributed by atoms with Crippen LogP contribution in [0, 0.1) is 0 Å². The molecular weight excluding hydrogens is 342 g/mol. The summed E-state index contributed by atoms with van der Waals surface area (Å²) in [5.74, 6) is 1.14. The van der Waals surface area contributed by atoms with Gasteiger partial charge in [-0.1, -0.05) is 41.1 Å². The monoisotopic (exact) mass is 363 g/mol. The van der Waals surface area contributed by atoms with Gasteiger partial charge in [-0.3, -0.25) is 4.79 Å². The minimum atomic E-state index is 0.0395. The number of fused-ring (bicyclic) bond motifs is 1. The second-order valence-electron chi connectivity index (χ2n) is 5.41. The fourth-order valence-electron chi connectivity index (χ4n) is 2.51. The van der Waals surface area contributed by atoms with Crippen molar-refractivity contribution < 1.29 is 4.79 Å². The Balaban J connectivity index is 1.97. The third kappa shape index (κ3) is 4.70. The van der Waals surface area contributed by atoms with E-state index in [2.05, 4.69) is 38.5 Å². The topological polar surface area (TPSA) is 46.9 Å². The average molecular weight is 364 g/mol. The number of imidazole rings is 1. The van der Waals surface area contributed by atoms with Crippen molar-refractivity contribution in [1.82, 2.24) is 14.9 Å². The second kappa shape index (κ2) is 8.13. The molecule has 0 radical (unpaired) electrons. The Morgan fingerprint density at radius 2 is 2.09 bits per heavy atom. The van der Waals surface area contributed by atoms with Crippen LogP contribution >= 0.6 is 15.9 Å². The summed E-state index contributed by atoms with van der Waals surface area (Å²) in [5.41, 5.74) is 2.18. The molecule has 118 valence electrons. The Morgan fingerprint density at radius 1 is 1.32 bits per heavy atom. The standard InChI is InChI=1S/C17H22BrN3O/c1-13(18)12-21-16-9-6-5-8-15(16)20-17(21)10-4-3-7-11-19-14(2)22/h5-6,8-9H,1,3-4,7,10-12H2,2H3,(H,19,22). The number of carbonyl (C=O) groups excluding carboxylic acids is 1. The Hall–Kier alpha value is -1.62. The molecule has 0 fully saturated rings. The van der Waals surface area contributed by atoms with Crippen LogP contribution in [0.1, 0.15) is 32.0 Å². The van der Waals surface area contributed by atoms with Crippen molar-refractivity contribution in [3.63, 3.8) is 0 Å². The fourth-order valence-corrected chi connectivity index (χ4v) is 2.76. The van der Waals surface area contributed by atoms with E-state index in [1.165, 1.54) is 0 Å². The predicted octanol–water partition coefficient (Wildman–Crippen LogP) is 3.79. The molecule has 1 amide bonds. The lowest BCUT2D eigenvalue weighted by Crippen LogP contribution is -2.20. The van der Waals surface area contributed by atoms with Gasteiger partial charge in [-0.15, -0.1) is 0 Å². The number of amides is 1. The zero-order valence-corrected chi connectivity index (χ0v) is 14.5. The van der Waals surface area contributed by atoms with Gasteiger partial charge >= 0.3 is 0 Å². The first-order chi connectivity index (χ1) is 10.6. The van der Waals surface area contributed by atoms with Gasteiger partial charge < -0.3 is 9.88 Å². The number of nitrogens with zero attached hydrogens (tertiary/aromatic N) is 2. The SMILES string of the molecule is C=C(Br)Cn1c(CCCCCNC(C)=O)nc2ccccc21. The lowest BCUT2D eigenvalue weighted by molar-refractivity contribution is -0.118. The summed E-state index contributed by atoms with van der Waals surface area (Å²) < 4.78 is 3.17. The molecule has 2 rings (SSSR count). The normalized spacial score (nSPS) is 10.8. The van der Waals surface area contributed by atoms with Gasteiger partial charge in [-0.05, 0) is 25.0 Å². The number of aromatic nitrogens is 2. The van der Waals surface area contributed by atoms with Crippen molar-refractivity contribution in [3.8, 4) is 0 Å². The molecule has 5 heteroatoms. The number of hydrogen-bond donors (Lipinski definition) is 1. The lowest BCUT2D eigenvalue weighted by atomic mass is 10.2. The number of carbonyl (C=O) groups is 1. The van der Waals surface area contributed by atoms with E-state index in [9.17, 15) is 4.79 Å². The van der Waals surface area contributed by atoms with E-state index in [-0.39, 0.29) is 5.91 Å². The average Bonchev–Trinajstić information content (AvgIpc) is 2.80. The van der Waals surface area contributed by atoms with Gasteiger partial charge in [0.05, 0.1) is 17.6 Å². The number of unbranched alkanes of at least 4 members (excludes halogenated alkanes) is 2. The Kier molecular flexibility index (Phi) is 6.19. The number of nitrogens with one attached hydrogen (secondary N) is 1. The highest BCUT2D eigenvalue weighted by molar-refractivity contribution is 9.11. The van der Waals surface area contributed by atoms with Gasteiger partial charge in [0.25, 0.3) is 0 Å². The summed E-state index contributed by atoms with van der Waals surface area (Å²) in [5, 5.41) is 2.83. The first-order valence-corrected chi connectivity index (χ1v) is 8.39. The van der Waals surface area contributed by atoms with Crippen LogP contribution in [0.25, 0.3) is 11.0 Å². The zero-order valence-electron chi connectivity index (χ0n) is 12.9. The summed E-state index contributed by atoms with van der Waals surface area (Å²) >= 11 is 3.45. The van der Waals surface area contributed by atoms with E-state index in [4.69, 9.17) is 4.98 Å². The number of para-hydroxylation sites is 2. The minimum Gasteiger partial charge on any atom is -0.356 e. The van der Waals surface area contributed by atoms with E-state index in [0.717, 1.165) is 60.1 Å². The van der Waals surface area contributed by atoms with E-state index in [0.29, 0.717) is 0 Å². The highest BCUT2D eigenvalue weighted by Gasteiger charge is 2.10. The number of halogens is 1. The molecule has 0 saturated heterocycles. The van der Waals surface area contributed by atoms with Gasteiger partial charge in [-0.25, -0.2) is 4.98 Å². The first kappa shape index (κ1) is 16.7. The van der Waals surface area contributed by atoms with Crippen LogP contribution in [0.2, 0.25) is 0 Å². The van der Waals surface area contributed by atoms with E-state index in [1.54, 1.807) is 6.92 Å². The molecule has 0 unspecified atom stereocenters. The second-order valence-corrected chi connectivity index (χ2v) is 6.54. The van der Waals surface area contributed by atoms with Crippen LogP contribution in [0.5, 0.6) is 0 Å². The predicted molar refractivity (Wildman–Crippen MR) is 94.0 cm³/mol. The summed E-state index contributed by atoms with van der Waals surface area (Å²) in [7, 11) is 0. The largest absolute Gasteiger partial charge is 0.356 e. The summed E-state index contributed by atoms with van der Waals surface area (Å²) in [6, 6.07) is 8.19. The Bertz CT molecular complexity index is 663. The van der Waals surface area contributed by atoms with Crippen LogP contribution in [0.3, 0.4) is 0 Å². The van der Waals surface area contributed by atoms with E-state index < -0.39 is 0 Å². The minimum absolute atomic E-state index is 0.0395. The molecule has 0 aliphatic heterocycles. The van der Waals surface area contributed by atoms with E-state index in [1.807, 2.05) is 18.2 Å². The maximum Gasteiger partial charge on any atom is 0.216 e. The third-order valence-electron chi connectivity index (χ3n) is 3.51. The Labute approximate surface area is 139 Å². The number of aryl methyl sites for hydroxylation is 1. The van der Waals surface area contributed by atoms with Crippen LogP contribution in [0.15, 0.2) is 35.3 Å². The van der Waals surface area contributed by atoms with Crippen LogP contribution in [-0.2, 0) is 17.8 Å². The number of benzene rings is 1. The molecule has 0 bridgehead atoms. The molecule has 4 nitrogen and oxygen atoms in total. The molecule has 1 heterocycles. The number of allylic oxidation sites excluding steroid dienone is 1. The maximum absolute atomic E-state index is 10.8. The van der Waals surface area contributed by atoms with Crippen molar-refractivity contribution in [2.75, 3.05) is 6.54 Å². The molecule has 22 heavy (non-hydrogen) atoms. The third-order valence-corrected chi connectivity index (χ3v) is 3.77. The molecule has 2 aromatic rings. The lowest BCUT2D eigenvalue weighted by Gasteiger charge is -2.08. The molecular formula is C17H22BrN3O. The molecule has 1 N–H and O–H groups in total.